The lowest BCUT2D eigenvalue weighted by Gasteiger charge is -2.14. The van der Waals surface area contributed by atoms with Crippen LogP contribution in [0.15, 0.2) is 54.7 Å². The van der Waals surface area contributed by atoms with E-state index in [4.69, 9.17) is 5.11 Å². The minimum atomic E-state index is -0.853. The van der Waals surface area contributed by atoms with Gasteiger partial charge in [-0.1, -0.05) is 53.7 Å². The molecular weight excluding hydrogens is 318 g/mol. The van der Waals surface area contributed by atoms with E-state index in [-0.39, 0.29) is 12.5 Å². The topological polar surface area (TPSA) is 88.2 Å². The molecule has 1 heterocycles. The number of carbonyl (C=O) groups is 1. The molecule has 0 aliphatic heterocycles. The zero-order valence-corrected chi connectivity index (χ0v) is 13.4. The molecule has 0 saturated carbocycles. The van der Waals surface area contributed by atoms with E-state index in [9.17, 15) is 9.90 Å². The van der Waals surface area contributed by atoms with Gasteiger partial charge in [-0.2, -0.15) is 0 Å². The van der Waals surface area contributed by atoms with Gasteiger partial charge in [-0.05, 0) is 23.1 Å². The average molecular weight is 335 g/mol. The molecule has 0 radical (unpaired) electrons. The fourth-order valence-corrected chi connectivity index (χ4v) is 3.33. The largest absolute Gasteiger partial charge is 0.481 e. The number of aliphatic carboxylic acids is 1. The van der Waals surface area contributed by atoms with Crippen LogP contribution < -0.4 is 0 Å². The highest BCUT2D eigenvalue weighted by atomic mass is 16.4. The fraction of sp³-hybridized carbons (Fsp3) is 0.211. The smallest absolute Gasteiger partial charge is 0.307 e. The van der Waals surface area contributed by atoms with Crippen LogP contribution in [0.4, 0.5) is 0 Å². The number of fused-ring (bicyclic) bond motifs is 1. The first-order chi connectivity index (χ1) is 12.1. The Kier molecular flexibility index (Phi) is 3.82. The van der Waals surface area contributed by atoms with E-state index < -0.39 is 12.1 Å². The molecule has 2 atom stereocenters. The molecule has 1 aliphatic carbocycles. The van der Waals surface area contributed by atoms with Crippen LogP contribution in [-0.2, 0) is 17.6 Å². The Balaban J connectivity index is 1.56. The van der Waals surface area contributed by atoms with Crippen molar-refractivity contribution in [2.75, 3.05) is 0 Å². The van der Waals surface area contributed by atoms with E-state index >= 15 is 0 Å². The minimum Gasteiger partial charge on any atom is -0.481 e. The zero-order chi connectivity index (χ0) is 17.4. The van der Waals surface area contributed by atoms with Crippen LogP contribution in [-0.4, -0.2) is 31.2 Å². The molecule has 1 aliphatic rings. The Morgan fingerprint density at radius 1 is 1.16 bits per heavy atom. The summed E-state index contributed by atoms with van der Waals surface area (Å²) in [5.41, 5.74) is 4.39. The molecule has 0 fully saturated rings. The Labute approximate surface area is 144 Å². The number of carboxylic acid groups (broad SMARTS) is 1. The molecule has 2 aromatic carbocycles. The highest BCUT2D eigenvalue weighted by molar-refractivity contribution is 5.70. The van der Waals surface area contributed by atoms with Crippen molar-refractivity contribution < 1.29 is 15.0 Å². The van der Waals surface area contributed by atoms with E-state index in [1.807, 2.05) is 42.6 Å². The fourth-order valence-electron chi connectivity index (χ4n) is 3.33. The highest BCUT2D eigenvalue weighted by Crippen LogP contribution is 2.38. The Hall–Kier alpha value is -2.99. The lowest BCUT2D eigenvalue weighted by atomic mass is 10.1. The molecule has 6 nitrogen and oxygen atoms in total. The van der Waals surface area contributed by atoms with Crippen LogP contribution in [0, 0.1) is 0 Å². The lowest BCUT2D eigenvalue weighted by molar-refractivity contribution is -0.136. The van der Waals surface area contributed by atoms with Gasteiger partial charge in [0, 0.05) is 5.56 Å². The molecular formula is C19H17N3O3. The van der Waals surface area contributed by atoms with Gasteiger partial charge < -0.3 is 10.2 Å². The summed E-state index contributed by atoms with van der Waals surface area (Å²) < 4.78 is 1.71. The number of carboxylic acids is 1. The van der Waals surface area contributed by atoms with E-state index in [1.165, 1.54) is 0 Å². The summed E-state index contributed by atoms with van der Waals surface area (Å²) in [5.74, 6) is -0.853. The van der Waals surface area contributed by atoms with Crippen molar-refractivity contribution in [3.05, 3.63) is 71.4 Å². The van der Waals surface area contributed by atoms with Gasteiger partial charge in [0.25, 0.3) is 0 Å². The Bertz CT molecular complexity index is 918. The first-order valence-corrected chi connectivity index (χ1v) is 8.10. The number of aliphatic hydroxyl groups is 1. The summed E-state index contributed by atoms with van der Waals surface area (Å²) in [7, 11) is 0. The molecule has 2 N–H and O–H groups in total. The van der Waals surface area contributed by atoms with E-state index in [2.05, 4.69) is 10.3 Å². The van der Waals surface area contributed by atoms with E-state index in [0.717, 1.165) is 28.7 Å². The van der Waals surface area contributed by atoms with Crippen LogP contribution in [0.2, 0.25) is 0 Å². The van der Waals surface area contributed by atoms with E-state index in [1.54, 1.807) is 16.8 Å². The third-order valence-electron chi connectivity index (χ3n) is 4.62. The summed E-state index contributed by atoms with van der Waals surface area (Å²) in [5, 5.41) is 27.8. The predicted octanol–water partition coefficient (Wildman–Crippen LogP) is 2.40. The predicted molar refractivity (Wildman–Crippen MR) is 90.9 cm³/mol. The second kappa shape index (κ2) is 6.14. The molecule has 3 aromatic rings. The van der Waals surface area contributed by atoms with Gasteiger partial charge in [0.05, 0.1) is 18.7 Å². The second-order valence-electron chi connectivity index (χ2n) is 6.27. The van der Waals surface area contributed by atoms with Crippen LogP contribution >= 0.6 is 0 Å². The molecule has 6 heteroatoms. The first kappa shape index (κ1) is 15.5. The standard InChI is InChI=1S/C19H17N3O3/c23-18(24)9-12-5-7-13(8-6-12)16-11-22(21-20-16)17-10-14-3-1-2-4-15(14)19(17)25/h1-8,11,17,19,25H,9-10H2,(H,23,24)/t17?,19-/m0/s1. The van der Waals surface area contributed by atoms with Crippen molar-refractivity contribution in [3.63, 3.8) is 0 Å². The summed E-state index contributed by atoms with van der Waals surface area (Å²) in [6.45, 7) is 0. The maximum absolute atomic E-state index is 10.7. The quantitative estimate of drug-likeness (QED) is 0.764. The molecule has 0 spiro atoms. The molecule has 25 heavy (non-hydrogen) atoms. The maximum atomic E-state index is 10.7. The average Bonchev–Trinajstić information content (AvgIpc) is 3.21. The van der Waals surface area contributed by atoms with Crippen LogP contribution in [0.25, 0.3) is 11.3 Å². The first-order valence-electron chi connectivity index (χ1n) is 8.10. The van der Waals surface area contributed by atoms with E-state index in [0.29, 0.717) is 5.69 Å². The molecule has 0 saturated heterocycles. The van der Waals surface area contributed by atoms with Gasteiger partial charge in [-0.25, -0.2) is 4.68 Å². The minimum absolute atomic E-state index is 0.000500. The SMILES string of the molecule is O=C(O)Cc1ccc(-c2cn(C3Cc4ccccc4[C@@H]3O)nn2)cc1. The number of benzene rings is 2. The summed E-state index contributed by atoms with van der Waals surface area (Å²) in [6.07, 6.45) is 1.95. The molecule has 0 bridgehead atoms. The van der Waals surface area contributed by atoms with Crippen molar-refractivity contribution in [2.45, 2.75) is 25.0 Å². The van der Waals surface area contributed by atoms with Crippen LogP contribution in [0.5, 0.6) is 0 Å². The number of rotatable bonds is 4. The van der Waals surface area contributed by atoms with Gasteiger partial charge >= 0.3 is 5.97 Å². The van der Waals surface area contributed by atoms with Crippen molar-refractivity contribution >= 4 is 5.97 Å². The summed E-state index contributed by atoms with van der Waals surface area (Å²) >= 11 is 0. The molecule has 1 unspecified atom stereocenters. The van der Waals surface area contributed by atoms with Gasteiger partial charge in [0.2, 0.25) is 0 Å². The van der Waals surface area contributed by atoms with Gasteiger partial charge in [0.1, 0.15) is 11.8 Å². The molecule has 4 rings (SSSR count). The second-order valence-corrected chi connectivity index (χ2v) is 6.27. The number of hydrogen-bond acceptors (Lipinski definition) is 4. The number of aromatic nitrogens is 3. The van der Waals surface area contributed by atoms with Gasteiger partial charge in [-0.3, -0.25) is 4.79 Å². The van der Waals surface area contributed by atoms with Gasteiger partial charge in [0.15, 0.2) is 0 Å². The number of aliphatic hydroxyl groups excluding tert-OH is 1. The Morgan fingerprint density at radius 2 is 1.92 bits per heavy atom. The van der Waals surface area contributed by atoms with Crippen molar-refractivity contribution in [1.29, 1.82) is 0 Å². The molecule has 0 amide bonds. The van der Waals surface area contributed by atoms with Crippen molar-refractivity contribution in [1.82, 2.24) is 15.0 Å². The van der Waals surface area contributed by atoms with Crippen molar-refractivity contribution in [3.8, 4) is 11.3 Å². The third-order valence-corrected chi connectivity index (χ3v) is 4.62. The van der Waals surface area contributed by atoms with Crippen LogP contribution in [0.3, 0.4) is 0 Å². The van der Waals surface area contributed by atoms with Gasteiger partial charge in [-0.15, -0.1) is 5.10 Å². The number of hydrogen-bond donors (Lipinski definition) is 2. The zero-order valence-electron chi connectivity index (χ0n) is 13.4. The Morgan fingerprint density at radius 3 is 2.64 bits per heavy atom. The van der Waals surface area contributed by atoms with Crippen LogP contribution in [0.1, 0.15) is 28.8 Å². The molecule has 1 aromatic heterocycles. The summed E-state index contributed by atoms with van der Waals surface area (Å²) in [6, 6.07) is 14.9. The highest BCUT2D eigenvalue weighted by Gasteiger charge is 2.32. The summed E-state index contributed by atoms with van der Waals surface area (Å²) in [4.78, 5) is 10.7. The normalized spacial score (nSPS) is 18.9. The monoisotopic (exact) mass is 335 g/mol. The number of nitrogens with zero attached hydrogens (tertiary/aromatic N) is 3. The molecule has 126 valence electrons. The van der Waals surface area contributed by atoms with Crippen molar-refractivity contribution in [2.24, 2.45) is 0 Å². The maximum Gasteiger partial charge on any atom is 0.307 e. The lowest BCUT2D eigenvalue weighted by Crippen LogP contribution is -2.14. The third kappa shape index (κ3) is 2.92.